The number of aliphatic imine (C=N–C) groups is 1. The summed E-state index contributed by atoms with van der Waals surface area (Å²) >= 11 is 1.42. The van der Waals surface area contributed by atoms with E-state index in [1.165, 1.54) is 11.3 Å². The molecule has 1 aromatic heterocycles. The molecule has 0 aliphatic rings. The minimum Gasteiger partial charge on any atom is -0.861 e. The van der Waals surface area contributed by atoms with Gasteiger partial charge < -0.3 is 15.2 Å². The highest BCUT2D eigenvalue weighted by atomic mass is 32.1. The number of nitrogens with one attached hydrogen (secondary N) is 2. The summed E-state index contributed by atoms with van der Waals surface area (Å²) < 4.78 is 5.83. The van der Waals surface area contributed by atoms with Crippen molar-refractivity contribution in [3.05, 3.63) is 82.3 Å². The quantitative estimate of drug-likeness (QED) is 0.356. The van der Waals surface area contributed by atoms with Crippen LogP contribution in [0.5, 0.6) is 5.75 Å². The van der Waals surface area contributed by atoms with Gasteiger partial charge in [0.15, 0.2) is 0 Å². The van der Waals surface area contributed by atoms with Crippen LogP contribution in [0, 0.1) is 0 Å². The molecular weight excluding hydrogens is 448 g/mol. The first-order valence-electron chi connectivity index (χ1n) is 11.1. The van der Waals surface area contributed by atoms with Crippen molar-refractivity contribution in [3.63, 3.8) is 0 Å². The number of nitrogens with zero attached hydrogens (tertiary/aromatic N) is 2. The van der Waals surface area contributed by atoms with E-state index in [0.717, 1.165) is 11.1 Å². The smallest absolute Gasteiger partial charge is 0.239 e. The van der Waals surface area contributed by atoms with Crippen LogP contribution in [0.2, 0.25) is 0 Å². The molecule has 0 fully saturated rings. The lowest BCUT2D eigenvalue weighted by molar-refractivity contribution is -0.222. The normalized spacial score (nSPS) is 13.8. The van der Waals surface area contributed by atoms with E-state index >= 15 is 0 Å². The Kier molecular flexibility index (Phi) is 8.79. The molecule has 179 valence electrons. The Hall–Kier alpha value is -3.23. The summed E-state index contributed by atoms with van der Waals surface area (Å²) in [6, 6.07) is 15.4. The lowest BCUT2D eigenvalue weighted by atomic mass is 10.0. The van der Waals surface area contributed by atoms with Gasteiger partial charge in [0.2, 0.25) is 5.91 Å². The molecule has 0 aliphatic carbocycles. The van der Waals surface area contributed by atoms with Gasteiger partial charge in [0.25, 0.3) is 0 Å². The van der Waals surface area contributed by atoms with Crippen LogP contribution in [0.3, 0.4) is 0 Å². The van der Waals surface area contributed by atoms with Gasteiger partial charge in [-0.1, -0.05) is 42.5 Å². The van der Waals surface area contributed by atoms with Gasteiger partial charge in [0.05, 0.1) is 22.8 Å². The number of benzene rings is 2. The van der Waals surface area contributed by atoms with Gasteiger partial charge in [-0.25, -0.2) is 10.7 Å². The number of carbonyl (C=O) groups is 1. The number of thiazole rings is 1. The third-order valence-corrected chi connectivity index (χ3v) is 5.52. The average Bonchev–Trinajstić information content (AvgIpc) is 3.30. The Morgan fingerprint density at radius 1 is 1.12 bits per heavy atom. The van der Waals surface area contributed by atoms with Crippen molar-refractivity contribution >= 4 is 23.1 Å². The number of hydrogen-bond acceptors (Lipinski definition) is 6. The molecule has 0 saturated carbocycles. The van der Waals surface area contributed by atoms with Crippen molar-refractivity contribution in [2.45, 2.75) is 57.8 Å². The van der Waals surface area contributed by atoms with E-state index in [0.29, 0.717) is 18.1 Å². The summed E-state index contributed by atoms with van der Waals surface area (Å²) in [6.45, 7) is 5.96. The topological polar surface area (TPSA) is 110 Å². The molecule has 0 aliphatic heterocycles. The van der Waals surface area contributed by atoms with E-state index in [1.54, 1.807) is 5.51 Å². The largest absolute Gasteiger partial charge is 0.861 e. The third-order valence-electron chi connectivity index (χ3n) is 4.88. The summed E-state index contributed by atoms with van der Waals surface area (Å²) in [5.74, 6) is -0.210. The minimum atomic E-state index is -1.05. The maximum Gasteiger partial charge on any atom is 0.239 e. The van der Waals surface area contributed by atoms with Crippen LogP contribution < -0.4 is 20.9 Å². The van der Waals surface area contributed by atoms with Crippen molar-refractivity contribution in [1.29, 1.82) is 0 Å². The van der Waals surface area contributed by atoms with Gasteiger partial charge in [-0.3, -0.25) is 9.79 Å². The van der Waals surface area contributed by atoms with Crippen molar-refractivity contribution in [3.8, 4) is 5.75 Å². The summed E-state index contributed by atoms with van der Waals surface area (Å²) in [4.78, 5) is 21.0. The number of rotatable bonds is 10. The Balaban J connectivity index is 1.66. The monoisotopic (exact) mass is 478 g/mol. The van der Waals surface area contributed by atoms with Crippen LogP contribution >= 0.6 is 11.3 Å². The molecule has 0 bridgehead atoms. The molecule has 1 unspecified atom stereocenters. The predicted octanol–water partition coefficient (Wildman–Crippen LogP) is 3.20. The molecule has 0 spiro atoms. The van der Waals surface area contributed by atoms with E-state index in [4.69, 9.17) is 10.5 Å². The number of aromatic nitrogens is 1. The lowest BCUT2D eigenvalue weighted by Crippen LogP contribution is -2.51. The third kappa shape index (κ3) is 8.28. The molecule has 7 nitrogen and oxygen atoms in total. The summed E-state index contributed by atoms with van der Waals surface area (Å²) in [7, 11) is 0. The van der Waals surface area contributed by atoms with Crippen molar-refractivity contribution in [1.82, 2.24) is 16.0 Å². The number of hydrogen-bond donors (Lipinski definition) is 1. The SMILES string of the molecule is CC(C)(C)N=C([O-])C(Cc1ccc(OCc2ccccc2)cc1)NC(=O)[C@@H]([NH])Cc1cscn1. The average molecular weight is 479 g/mol. The van der Waals surface area contributed by atoms with Crippen LogP contribution in [0.1, 0.15) is 37.6 Å². The number of carbonyl (C=O) groups excluding carboxylic acids is 1. The first kappa shape index (κ1) is 25.4. The molecule has 2 N–H and O–H groups in total. The van der Waals surface area contributed by atoms with Crippen LogP contribution in [0.4, 0.5) is 0 Å². The van der Waals surface area contributed by atoms with Gasteiger partial charge >= 0.3 is 0 Å². The van der Waals surface area contributed by atoms with E-state index < -0.39 is 29.4 Å². The second-order valence-corrected chi connectivity index (χ2v) is 9.76. The maximum absolute atomic E-state index is 12.9. The van der Waals surface area contributed by atoms with Crippen LogP contribution in [0.25, 0.3) is 0 Å². The Labute approximate surface area is 204 Å². The highest BCUT2D eigenvalue weighted by molar-refractivity contribution is 7.07. The highest BCUT2D eigenvalue weighted by Gasteiger charge is 2.21. The first-order valence-corrected chi connectivity index (χ1v) is 12.0. The molecule has 0 saturated heterocycles. The zero-order chi connectivity index (χ0) is 24.6. The zero-order valence-corrected chi connectivity index (χ0v) is 20.5. The van der Waals surface area contributed by atoms with E-state index in [9.17, 15) is 9.90 Å². The summed E-state index contributed by atoms with van der Waals surface area (Å²) in [6.07, 6.45) is 0.465. The highest BCUT2D eigenvalue weighted by Crippen LogP contribution is 2.16. The van der Waals surface area contributed by atoms with E-state index in [-0.39, 0.29) is 12.8 Å². The summed E-state index contributed by atoms with van der Waals surface area (Å²) in [5.41, 5.74) is 11.9. The van der Waals surface area contributed by atoms with Gasteiger partial charge in [-0.2, -0.15) is 0 Å². The van der Waals surface area contributed by atoms with Crippen molar-refractivity contribution in [2.75, 3.05) is 0 Å². The number of ether oxygens (including phenoxy) is 1. The molecule has 2 atom stereocenters. The zero-order valence-electron chi connectivity index (χ0n) is 19.7. The van der Waals surface area contributed by atoms with Crippen LogP contribution in [-0.2, 0) is 24.2 Å². The second kappa shape index (κ2) is 11.8. The molecule has 3 rings (SSSR count). The first-order chi connectivity index (χ1) is 16.2. The molecule has 2 aromatic carbocycles. The predicted molar refractivity (Wildman–Crippen MR) is 133 cm³/mol. The standard InChI is InChI=1S/C26H31N4O3S/c1-26(2,3)30-25(32)23(29-24(31)22(27)14-20-16-34-17-28-20)13-18-9-11-21(12-10-18)33-15-19-7-5-4-6-8-19/h4-12,16-17,22-23,27H,13-15H2,1-3H3,(H,29,31)(H,30,32)/p-1/t22-,23?/m0/s1. The van der Waals surface area contributed by atoms with Crippen molar-refractivity contribution in [2.24, 2.45) is 4.99 Å². The Bertz CT molecular complexity index is 1060. The van der Waals surface area contributed by atoms with E-state index in [2.05, 4.69) is 15.3 Å². The molecular formula is C26H30N4O3S-. The Morgan fingerprint density at radius 2 is 1.82 bits per heavy atom. The fraction of sp³-hybridized carbons (Fsp3) is 0.346. The molecule has 1 radical (unpaired) electrons. The van der Waals surface area contributed by atoms with Crippen LogP contribution in [0.15, 0.2) is 70.5 Å². The number of amides is 1. The molecule has 1 heterocycles. The van der Waals surface area contributed by atoms with Gasteiger partial charge in [0, 0.05) is 11.8 Å². The molecule has 8 heteroatoms. The fourth-order valence-electron chi connectivity index (χ4n) is 3.22. The van der Waals surface area contributed by atoms with Crippen LogP contribution in [-0.4, -0.2) is 34.4 Å². The Morgan fingerprint density at radius 3 is 2.44 bits per heavy atom. The molecule has 3 aromatic rings. The second-order valence-electron chi connectivity index (χ2n) is 9.04. The lowest BCUT2D eigenvalue weighted by Gasteiger charge is -2.28. The molecule has 34 heavy (non-hydrogen) atoms. The fourth-order valence-corrected chi connectivity index (χ4v) is 3.79. The minimum absolute atomic E-state index is 0.195. The van der Waals surface area contributed by atoms with Gasteiger partial charge in [-0.05, 0) is 56.3 Å². The summed E-state index contributed by atoms with van der Waals surface area (Å²) in [5, 5.41) is 17.4. The molecule has 1 amide bonds. The van der Waals surface area contributed by atoms with Gasteiger partial charge in [0.1, 0.15) is 18.4 Å². The maximum atomic E-state index is 12.9. The van der Waals surface area contributed by atoms with Crippen molar-refractivity contribution < 1.29 is 14.6 Å². The van der Waals surface area contributed by atoms with E-state index in [1.807, 2.05) is 80.7 Å². The van der Waals surface area contributed by atoms with Gasteiger partial charge in [-0.15, -0.1) is 11.3 Å².